The van der Waals surface area contributed by atoms with E-state index in [-0.39, 0.29) is 12.8 Å². The van der Waals surface area contributed by atoms with E-state index in [9.17, 15) is 19.2 Å². The van der Waals surface area contributed by atoms with Crippen molar-refractivity contribution in [2.24, 2.45) is 5.41 Å². The lowest BCUT2D eigenvalue weighted by Crippen LogP contribution is -2.44. The van der Waals surface area contributed by atoms with E-state index in [4.69, 9.17) is 9.47 Å². The first kappa shape index (κ1) is 21.9. The first-order chi connectivity index (χ1) is 10.8. The molecule has 0 spiro atoms. The van der Waals surface area contributed by atoms with Gasteiger partial charge in [-0.3, -0.25) is 9.59 Å². The molecule has 0 aromatic heterocycles. The first-order valence-electron chi connectivity index (χ1n) is 7.58. The molecular weight excluding hydrogens is 318 g/mol. The van der Waals surface area contributed by atoms with Crippen LogP contribution in [0.2, 0.25) is 0 Å². The summed E-state index contributed by atoms with van der Waals surface area (Å²) in [5.74, 6) is -2.17. The number of methoxy groups -OCH3 is 1. The lowest BCUT2D eigenvalue weighted by Gasteiger charge is -2.22. The van der Waals surface area contributed by atoms with Gasteiger partial charge in [-0.25, -0.2) is 9.59 Å². The van der Waals surface area contributed by atoms with Crippen molar-refractivity contribution in [2.45, 2.75) is 66.0 Å². The Kier molecular flexibility index (Phi) is 7.89. The van der Waals surface area contributed by atoms with E-state index in [1.165, 1.54) is 0 Å². The average molecular weight is 345 g/mol. The second-order valence-corrected chi connectivity index (χ2v) is 7.27. The Morgan fingerprint density at radius 2 is 1.54 bits per heavy atom. The Labute approximate surface area is 142 Å². The molecule has 0 aromatic carbocycles. The summed E-state index contributed by atoms with van der Waals surface area (Å²) in [5.41, 5.74) is -1.55. The maximum atomic E-state index is 11.7. The zero-order chi connectivity index (χ0) is 19.1. The minimum atomic E-state index is -1.08. The summed E-state index contributed by atoms with van der Waals surface area (Å²) in [5, 5.41) is 2.33. The Morgan fingerprint density at radius 1 is 1.00 bits per heavy atom. The van der Waals surface area contributed by atoms with E-state index in [1.54, 1.807) is 41.5 Å². The number of hydrogen-bond donors (Lipinski definition) is 1. The van der Waals surface area contributed by atoms with Gasteiger partial charge in [0.05, 0.1) is 12.5 Å². The van der Waals surface area contributed by atoms with Gasteiger partial charge in [0.1, 0.15) is 11.6 Å². The standard InChI is InChI=1S/C16H27NO7/c1-15(2,3)13(20)23-11(18)9-8-10(12(19)22-7)17-14(21)24-16(4,5)6/h10H,8-9H2,1-7H3,(H,17,21)/t10-/m0/s1. The average Bonchev–Trinajstić information content (AvgIpc) is 2.39. The van der Waals surface area contributed by atoms with Gasteiger partial charge >= 0.3 is 24.0 Å². The SMILES string of the molecule is COC(=O)[C@H](CCC(=O)OC(=O)C(C)(C)C)NC(=O)OC(C)(C)C. The normalized spacial score (nSPS) is 12.8. The monoisotopic (exact) mass is 345 g/mol. The Bertz CT molecular complexity index is 486. The maximum Gasteiger partial charge on any atom is 0.408 e. The maximum absolute atomic E-state index is 11.7. The third-order valence-electron chi connectivity index (χ3n) is 2.63. The molecule has 8 heteroatoms. The van der Waals surface area contributed by atoms with E-state index in [0.29, 0.717) is 0 Å². The third kappa shape index (κ3) is 9.12. The van der Waals surface area contributed by atoms with Crippen LogP contribution in [0.3, 0.4) is 0 Å². The summed E-state index contributed by atoms with van der Waals surface area (Å²) >= 11 is 0. The van der Waals surface area contributed by atoms with Crippen molar-refractivity contribution in [3.05, 3.63) is 0 Å². The van der Waals surface area contributed by atoms with Crippen molar-refractivity contribution in [1.82, 2.24) is 5.32 Å². The summed E-state index contributed by atoms with van der Waals surface area (Å²) in [6, 6.07) is -1.08. The number of amides is 1. The van der Waals surface area contributed by atoms with Crippen LogP contribution < -0.4 is 5.32 Å². The summed E-state index contributed by atoms with van der Waals surface area (Å²) in [6.45, 7) is 9.87. The highest BCUT2D eigenvalue weighted by Gasteiger charge is 2.28. The fraction of sp³-hybridized carbons (Fsp3) is 0.750. The quantitative estimate of drug-likeness (QED) is 0.461. The first-order valence-corrected chi connectivity index (χ1v) is 7.58. The molecule has 0 saturated carbocycles. The van der Waals surface area contributed by atoms with Gasteiger partial charge in [-0.05, 0) is 48.0 Å². The summed E-state index contributed by atoms with van der Waals surface area (Å²) in [6.07, 6.45) is -1.13. The zero-order valence-electron chi connectivity index (χ0n) is 15.3. The minimum absolute atomic E-state index is 0.0812. The zero-order valence-corrected chi connectivity index (χ0v) is 15.3. The lowest BCUT2D eigenvalue weighted by molar-refractivity contribution is -0.165. The smallest absolute Gasteiger partial charge is 0.408 e. The summed E-state index contributed by atoms with van der Waals surface area (Å²) < 4.78 is 14.3. The second kappa shape index (κ2) is 8.65. The van der Waals surface area contributed by atoms with Crippen molar-refractivity contribution in [3.63, 3.8) is 0 Å². The van der Waals surface area contributed by atoms with Crippen molar-refractivity contribution < 1.29 is 33.4 Å². The number of nitrogens with one attached hydrogen (secondary N) is 1. The van der Waals surface area contributed by atoms with Gasteiger partial charge in [0, 0.05) is 6.42 Å². The number of rotatable bonds is 5. The number of esters is 3. The van der Waals surface area contributed by atoms with Gasteiger partial charge in [0.2, 0.25) is 0 Å². The predicted octanol–water partition coefficient (Wildman–Crippen LogP) is 1.95. The van der Waals surface area contributed by atoms with Gasteiger partial charge in [-0.1, -0.05) is 0 Å². The van der Waals surface area contributed by atoms with Crippen LogP contribution in [0.5, 0.6) is 0 Å². The Balaban J connectivity index is 4.65. The molecule has 1 N–H and O–H groups in total. The Hall–Kier alpha value is -2.12. The summed E-state index contributed by atoms with van der Waals surface area (Å²) in [7, 11) is 1.16. The number of carbonyl (C=O) groups is 4. The highest BCUT2D eigenvalue weighted by atomic mass is 16.6. The second-order valence-electron chi connectivity index (χ2n) is 7.27. The van der Waals surface area contributed by atoms with E-state index >= 15 is 0 Å². The minimum Gasteiger partial charge on any atom is -0.467 e. The number of carbonyl (C=O) groups excluding carboxylic acids is 4. The highest BCUT2D eigenvalue weighted by molar-refractivity contribution is 5.88. The van der Waals surface area contributed by atoms with Crippen LogP contribution in [0.15, 0.2) is 0 Å². The summed E-state index contributed by atoms with van der Waals surface area (Å²) in [4.78, 5) is 46.7. The molecular formula is C16H27NO7. The third-order valence-corrected chi connectivity index (χ3v) is 2.63. The highest BCUT2D eigenvalue weighted by Crippen LogP contribution is 2.16. The van der Waals surface area contributed by atoms with Crippen LogP contribution >= 0.6 is 0 Å². The predicted molar refractivity (Wildman–Crippen MR) is 85.0 cm³/mol. The molecule has 0 heterocycles. The Morgan fingerprint density at radius 3 is 1.96 bits per heavy atom. The van der Waals surface area contributed by atoms with Gasteiger partial charge in [-0.2, -0.15) is 0 Å². The molecule has 0 aliphatic rings. The van der Waals surface area contributed by atoms with Gasteiger partial charge < -0.3 is 19.5 Å². The van der Waals surface area contributed by atoms with E-state index < -0.39 is 41.1 Å². The van der Waals surface area contributed by atoms with Crippen molar-refractivity contribution in [1.29, 1.82) is 0 Å². The molecule has 24 heavy (non-hydrogen) atoms. The van der Waals surface area contributed by atoms with Crippen LogP contribution in [0, 0.1) is 5.41 Å². The fourth-order valence-electron chi connectivity index (χ4n) is 1.41. The largest absolute Gasteiger partial charge is 0.467 e. The van der Waals surface area contributed by atoms with Crippen molar-refractivity contribution in [2.75, 3.05) is 7.11 Å². The molecule has 0 aromatic rings. The topological polar surface area (TPSA) is 108 Å². The molecule has 0 radical (unpaired) electrons. The van der Waals surface area contributed by atoms with Crippen LogP contribution in [0.4, 0.5) is 4.79 Å². The number of ether oxygens (including phenoxy) is 3. The van der Waals surface area contributed by atoms with E-state index in [0.717, 1.165) is 7.11 Å². The van der Waals surface area contributed by atoms with Gasteiger partial charge in [0.15, 0.2) is 0 Å². The van der Waals surface area contributed by atoms with Gasteiger partial charge in [0.25, 0.3) is 0 Å². The molecule has 0 aliphatic carbocycles. The lowest BCUT2D eigenvalue weighted by atomic mass is 9.97. The molecule has 0 rings (SSSR count). The van der Waals surface area contributed by atoms with Crippen LogP contribution in [-0.2, 0) is 28.6 Å². The van der Waals surface area contributed by atoms with Crippen LogP contribution in [-0.4, -0.2) is 42.8 Å². The van der Waals surface area contributed by atoms with Crippen LogP contribution in [0.1, 0.15) is 54.4 Å². The number of alkyl carbamates (subject to hydrolysis) is 1. The van der Waals surface area contributed by atoms with Crippen LogP contribution in [0.25, 0.3) is 0 Å². The molecule has 0 aliphatic heterocycles. The van der Waals surface area contributed by atoms with Crippen molar-refractivity contribution in [3.8, 4) is 0 Å². The molecule has 8 nitrogen and oxygen atoms in total. The molecule has 0 fully saturated rings. The molecule has 0 unspecified atom stereocenters. The molecule has 1 atom stereocenters. The van der Waals surface area contributed by atoms with E-state index in [1.807, 2.05) is 0 Å². The number of hydrogen-bond acceptors (Lipinski definition) is 7. The van der Waals surface area contributed by atoms with Crippen molar-refractivity contribution >= 4 is 24.0 Å². The molecule has 1 amide bonds. The molecule has 138 valence electrons. The fourth-order valence-corrected chi connectivity index (χ4v) is 1.41. The molecule has 0 saturated heterocycles. The van der Waals surface area contributed by atoms with Gasteiger partial charge in [-0.15, -0.1) is 0 Å². The molecule has 0 bridgehead atoms. The van der Waals surface area contributed by atoms with E-state index in [2.05, 4.69) is 10.1 Å².